The highest BCUT2D eigenvalue weighted by Gasteiger charge is 2.12. The Balaban J connectivity index is 2.47. The summed E-state index contributed by atoms with van der Waals surface area (Å²) in [6, 6.07) is 6.13. The molecule has 0 aliphatic heterocycles. The number of aryl methyl sites for hydroxylation is 1. The minimum Gasteiger partial charge on any atom is -0.439 e. The smallest absolute Gasteiger partial charge is 0.212 e. The average molecular weight is 236 g/mol. The minimum absolute atomic E-state index is 0.195. The van der Waals surface area contributed by atoms with Crippen molar-refractivity contribution in [3.8, 4) is 11.3 Å². The van der Waals surface area contributed by atoms with Crippen LogP contribution in [0, 0.1) is 13.8 Å². The van der Waals surface area contributed by atoms with Gasteiger partial charge in [-0.25, -0.2) is 4.98 Å². The van der Waals surface area contributed by atoms with Crippen LogP contribution in [0.15, 0.2) is 28.8 Å². The molecule has 0 bridgehead atoms. The van der Waals surface area contributed by atoms with Gasteiger partial charge in [0.25, 0.3) is 0 Å². The maximum atomic E-state index is 5.92. The fraction of sp³-hybridized carbons (Fsp3) is 0.308. The van der Waals surface area contributed by atoms with Crippen LogP contribution in [0.25, 0.3) is 11.3 Å². The van der Waals surface area contributed by atoms with Crippen LogP contribution < -0.4 is 0 Å². The van der Waals surface area contributed by atoms with Crippen LogP contribution in [0.4, 0.5) is 0 Å². The van der Waals surface area contributed by atoms with Crippen LogP contribution in [-0.4, -0.2) is 4.98 Å². The average Bonchev–Trinajstić information content (AvgIpc) is 2.71. The second kappa shape index (κ2) is 4.30. The lowest BCUT2D eigenvalue weighted by atomic mass is 10.0. The number of hydrogen-bond donors (Lipinski definition) is 0. The van der Waals surface area contributed by atoms with Gasteiger partial charge in [-0.1, -0.05) is 18.2 Å². The summed E-state index contributed by atoms with van der Waals surface area (Å²) >= 11 is 5.92. The van der Waals surface area contributed by atoms with Gasteiger partial charge in [0.15, 0.2) is 5.76 Å². The van der Waals surface area contributed by atoms with Crippen LogP contribution in [0.3, 0.4) is 0 Å². The molecule has 3 heteroatoms. The molecule has 2 rings (SSSR count). The molecular formula is C13H14ClNO. The highest BCUT2D eigenvalue weighted by Crippen LogP contribution is 2.28. The molecule has 1 heterocycles. The predicted molar refractivity (Wildman–Crippen MR) is 65.7 cm³/mol. The zero-order valence-electron chi connectivity index (χ0n) is 9.62. The van der Waals surface area contributed by atoms with Crippen molar-refractivity contribution in [2.75, 3.05) is 0 Å². The number of nitrogens with zero attached hydrogens (tertiary/aromatic N) is 1. The molecule has 0 saturated heterocycles. The van der Waals surface area contributed by atoms with Crippen LogP contribution in [0.2, 0.25) is 0 Å². The molecule has 0 N–H and O–H groups in total. The lowest BCUT2D eigenvalue weighted by Gasteiger charge is -2.05. The van der Waals surface area contributed by atoms with Gasteiger partial charge >= 0.3 is 0 Å². The van der Waals surface area contributed by atoms with E-state index >= 15 is 0 Å². The molecule has 0 saturated carbocycles. The normalized spacial score (nSPS) is 12.8. The highest BCUT2D eigenvalue weighted by atomic mass is 35.5. The Morgan fingerprint density at radius 1 is 1.31 bits per heavy atom. The SMILES string of the molecule is Cc1cccc(-c2cnc(C(C)Cl)o2)c1C. The van der Waals surface area contributed by atoms with Crippen LogP contribution >= 0.6 is 11.6 Å². The van der Waals surface area contributed by atoms with Crippen molar-refractivity contribution >= 4 is 11.6 Å². The number of benzene rings is 1. The first-order chi connectivity index (χ1) is 7.59. The Morgan fingerprint density at radius 2 is 2.06 bits per heavy atom. The zero-order chi connectivity index (χ0) is 11.7. The van der Waals surface area contributed by atoms with Gasteiger partial charge in [0.2, 0.25) is 5.89 Å². The van der Waals surface area contributed by atoms with E-state index in [0.717, 1.165) is 11.3 Å². The first kappa shape index (κ1) is 11.2. The number of halogens is 1. The van der Waals surface area contributed by atoms with Gasteiger partial charge in [0.1, 0.15) is 5.38 Å². The molecule has 1 unspecified atom stereocenters. The third kappa shape index (κ3) is 1.98. The molecule has 2 aromatic rings. The molecule has 0 spiro atoms. The van der Waals surface area contributed by atoms with Gasteiger partial charge in [-0.15, -0.1) is 11.6 Å². The molecule has 84 valence electrons. The fourth-order valence-electron chi connectivity index (χ4n) is 1.61. The van der Waals surface area contributed by atoms with E-state index in [9.17, 15) is 0 Å². The fourth-order valence-corrected chi connectivity index (χ4v) is 1.71. The monoisotopic (exact) mass is 235 g/mol. The standard InChI is InChI=1S/C13H14ClNO/c1-8-5-4-6-11(9(8)2)12-7-15-13(16-12)10(3)14/h4-7,10H,1-3H3. The molecule has 0 aliphatic carbocycles. The molecule has 0 radical (unpaired) electrons. The van der Waals surface area contributed by atoms with E-state index in [4.69, 9.17) is 16.0 Å². The summed E-state index contributed by atoms with van der Waals surface area (Å²) in [5, 5.41) is -0.195. The second-order valence-corrected chi connectivity index (χ2v) is 4.58. The lowest BCUT2D eigenvalue weighted by Crippen LogP contribution is -1.85. The molecule has 1 aromatic carbocycles. The molecule has 1 atom stereocenters. The molecule has 0 fully saturated rings. The first-order valence-electron chi connectivity index (χ1n) is 5.26. The predicted octanol–water partition coefficient (Wildman–Crippen LogP) is 4.26. The molecule has 0 aliphatic rings. The van der Waals surface area contributed by atoms with Crippen molar-refractivity contribution in [1.82, 2.24) is 4.98 Å². The minimum atomic E-state index is -0.195. The summed E-state index contributed by atoms with van der Waals surface area (Å²) in [5.41, 5.74) is 3.54. The van der Waals surface area contributed by atoms with Crippen LogP contribution in [-0.2, 0) is 0 Å². The number of rotatable bonds is 2. The van der Waals surface area contributed by atoms with E-state index in [-0.39, 0.29) is 5.38 Å². The molecule has 16 heavy (non-hydrogen) atoms. The van der Waals surface area contributed by atoms with Crippen molar-refractivity contribution in [2.24, 2.45) is 0 Å². The number of hydrogen-bond acceptors (Lipinski definition) is 2. The van der Waals surface area contributed by atoms with Gasteiger partial charge in [-0.2, -0.15) is 0 Å². The number of alkyl halides is 1. The van der Waals surface area contributed by atoms with E-state index in [2.05, 4.69) is 24.9 Å². The van der Waals surface area contributed by atoms with Crippen molar-refractivity contribution in [1.29, 1.82) is 0 Å². The zero-order valence-corrected chi connectivity index (χ0v) is 10.4. The third-order valence-electron chi connectivity index (χ3n) is 2.73. The Kier molecular flexibility index (Phi) is 3.01. The molecule has 1 aromatic heterocycles. The summed E-state index contributed by atoms with van der Waals surface area (Å²) < 4.78 is 5.62. The van der Waals surface area contributed by atoms with Crippen molar-refractivity contribution in [2.45, 2.75) is 26.1 Å². The van der Waals surface area contributed by atoms with Gasteiger partial charge < -0.3 is 4.42 Å². The summed E-state index contributed by atoms with van der Waals surface area (Å²) in [6.45, 7) is 6.01. The van der Waals surface area contributed by atoms with Crippen molar-refractivity contribution < 1.29 is 4.42 Å². The topological polar surface area (TPSA) is 26.0 Å². The Hall–Kier alpha value is -1.28. The molecular weight excluding hydrogens is 222 g/mol. The summed E-state index contributed by atoms with van der Waals surface area (Å²) in [5.74, 6) is 1.35. The Bertz CT molecular complexity index is 502. The largest absolute Gasteiger partial charge is 0.439 e. The van der Waals surface area contributed by atoms with E-state index in [1.165, 1.54) is 11.1 Å². The quantitative estimate of drug-likeness (QED) is 0.727. The van der Waals surface area contributed by atoms with Crippen molar-refractivity contribution in [3.63, 3.8) is 0 Å². The Morgan fingerprint density at radius 3 is 2.69 bits per heavy atom. The van der Waals surface area contributed by atoms with Crippen LogP contribution in [0.1, 0.15) is 29.3 Å². The maximum Gasteiger partial charge on any atom is 0.212 e. The van der Waals surface area contributed by atoms with Gasteiger partial charge in [0, 0.05) is 5.56 Å². The summed E-state index contributed by atoms with van der Waals surface area (Å²) in [6.07, 6.45) is 1.73. The van der Waals surface area contributed by atoms with Gasteiger partial charge in [-0.05, 0) is 31.9 Å². The van der Waals surface area contributed by atoms with E-state index in [0.29, 0.717) is 5.89 Å². The van der Waals surface area contributed by atoms with E-state index in [1.807, 2.05) is 19.1 Å². The van der Waals surface area contributed by atoms with Crippen LogP contribution in [0.5, 0.6) is 0 Å². The summed E-state index contributed by atoms with van der Waals surface area (Å²) in [7, 11) is 0. The first-order valence-corrected chi connectivity index (χ1v) is 5.69. The van der Waals surface area contributed by atoms with Gasteiger partial charge in [-0.3, -0.25) is 0 Å². The highest BCUT2D eigenvalue weighted by molar-refractivity contribution is 6.20. The molecule has 2 nitrogen and oxygen atoms in total. The Labute approximate surface area is 100 Å². The number of oxazole rings is 1. The third-order valence-corrected chi connectivity index (χ3v) is 2.92. The van der Waals surface area contributed by atoms with E-state index in [1.54, 1.807) is 6.20 Å². The lowest BCUT2D eigenvalue weighted by molar-refractivity contribution is 0.508. The number of aromatic nitrogens is 1. The summed E-state index contributed by atoms with van der Waals surface area (Å²) in [4.78, 5) is 4.16. The second-order valence-electron chi connectivity index (χ2n) is 3.93. The van der Waals surface area contributed by atoms with Crippen molar-refractivity contribution in [3.05, 3.63) is 41.4 Å². The van der Waals surface area contributed by atoms with Gasteiger partial charge in [0.05, 0.1) is 6.20 Å². The molecule has 0 amide bonds. The maximum absolute atomic E-state index is 5.92. The van der Waals surface area contributed by atoms with E-state index < -0.39 is 0 Å².